The lowest BCUT2D eigenvalue weighted by Crippen LogP contribution is -2.29. The Balaban J connectivity index is 1.97. The Morgan fingerprint density at radius 2 is 1.94 bits per heavy atom. The first-order valence-electron chi connectivity index (χ1n) is 5.86. The van der Waals surface area contributed by atoms with E-state index in [-0.39, 0.29) is 11.9 Å². The number of benzene rings is 2. The summed E-state index contributed by atoms with van der Waals surface area (Å²) in [6.07, 6.45) is 0.849. The smallest absolute Gasteiger partial charge is 0.242 e. The number of fused-ring (bicyclic) bond motifs is 1. The summed E-state index contributed by atoms with van der Waals surface area (Å²) in [6.45, 7) is 0.765. The maximum absolute atomic E-state index is 11.5. The van der Waals surface area contributed by atoms with E-state index in [1.807, 2.05) is 24.3 Å². The molecule has 1 amide bonds. The van der Waals surface area contributed by atoms with Crippen LogP contribution in [0.4, 0.5) is 5.69 Å². The first kappa shape index (κ1) is 10.1. The van der Waals surface area contributed by atoms with Crippen molar-refractivity contribution in [2.45, 2.75) is 12.5 Å². The molecule has 0 bridgehead atoms. The minimum absolute atomic E-state index is 0.0953. The molecule has 1 fully saturated rings. The molecule has 0 aliphatic carbocycles. The average Bonchev–Trinajstić information content (AvgIpc) is 2.76. The van der Waals surface area contributed by atoms with Crippen molar-refractivity contribution in [2.24, 2.45) is 0 Å². The highest BCUT2D eigenvalue weighted by Gasteiger charge is 2.23. The average molecular weight is 226 g/mol. The zero-order chi connectivity index (χ0) is 11.7. The predicted octanol–water partition coefficient (Wildman–Crippen LogP) is 2.14. The monoisotopic (exact) mass is 226 g/mol. The fourth-order valence-corrected chi connectivity index (χ4v) is 2.27. The third-order valence-corrected chi connectivity index (χ3v) is 3.17. The van der Waals surface area contributed by atoms with Gasteiger partial charge in [-0.3, -0.25) is 4.79 Å². The van der Waals surface area contributed by atoms with Crippen molar-refractivity contribution in [3.63, 3.8) is 0 Å². The van der Waals surface area contributed by atoms with Crippen LogP contribution in [-0.2, 0) is 4.79 Å². The summed E-state index contributed by atoms with van der Waals surface area (Å²) < 4.78 is 0. The Kier molecular flexibility index (Phi) is 2.44. The molecular formula is C14H14N2O. The number of anilines is 1. The van der Waals surface area contributed by atoms with Crippen molar-refractivity contribution in [2.75, 3.05) is 11.9 Å². The zero-order valence-corrected chi connectivity index (χ0v) is 9.44. The Labute approximate surface area is 99.8 Å². The van der Waals surface area contributed by atoms with Gasteiger partial charge in [0, 0.05) is 17.6 Å². The van der Waals surface area contributed by atoms with Crippen LogP contribution in [0.25, 0.3) is 10.8 Å². The fourth-order valence-electron chi connectivity index (χ4n) is 2.27. The van der Waals surface area contributed by atoms with Crippen LogP contribution in [0.1, 0.15) is 6.42 Å². The Bertz CT molecular complexity index is 560. The number of hydrogen-bond acceptors (Lipinski definition) is 2. The molecule has 1 heterocycles. The van der Waals surface area contributed by atoms with E-state index in [9.17, 15) is 4.79 Å². The summed E-state index contributed by atoms with van der Waals surface area (Å²) in [7, 11) is 0. The molecule has 0 spiro atoms. The van der Waals surface area contributed by atoms with Gasteiger partial charge in [0.15, 0.2) is 0 Å². The number of carbonyl (C=O) groups excluding carboxylic acids is 1. The molecule has 2 N–H and O–H groups in total. The summed E-state index contributed by atoms with van der Waals surface area (Å²) >= 11 is 0. The number of hydrogen-bond donors (Lipinski definition) is 2. The number of carbonyl (C=O) groups is 1. The predicted molar refractivity (Wildman–Crippen MR) is 69.0 cm³/mol. The highest BCUT2D eigenvalue weighted by atomic mass is 16.2. The highest BCUT2D eigenvalue weighted by molar-refractivity contribution is 5.96. The second-order valence-electron chi connectivity index (χ2n) is 4.30. The SMILES string of the molecule is O=C1NCCC1Nc1cccc2ccccc12. The number of nitrogens with one attached hydrogen (secondary N) is 2. The van der Waals surface area contributed by atoms with Crippen LogP contribution < -0.4 is 10.6 Å². The third kappa shape index (κ3) is 1.84. The van der Waals surface area contributed by atoms with Crippen molar-refractivity contribution in [1.82, 2.24) is 5.32 Å². The van der Waals surface area contributed by atoms with Gasteiger partial charge < -0.3 is 10.6 Å². The molecule has 86 valence electrons. The summed E-state index contributed by atoms with van der Waals surface area (Å²) in [5, 5.41) is 8.51. The summed E-state index contributed by atoms with van der Waals surface area (Å²) in [5.41, 5.74) is 1.03. The van der Waals surface area contributed by atoms with Crippen LogP contribution >= 0.6 is 0 Å². The van der Waals surface area contributed by atoms with E-state index < -0.39 is 0 Å². The number of rotatable bonds is 2. The lowest BCUT2D eigenvalue weighted by atomic mass is 10.1. The Morgan fingerprint density at radius 1 is 1.12 bits per heavy atom. The fraction of sp³-hybridized carbons (Fsp3) is 0.214. The second kappa shape index (κ2) is 4.09. The maximum Gasteiger partial charge on any atom is 0.242 e. The molecule has 17 heavy (non-hydrogen) atoms. The first-order chi connectivity index (χ1) is 8.34. The molecule has 0 saturated carbocycles. The summed E-state index contributed by atoms with van der Waals surface area (Å²) in [6, 6.07) is 14.2. The van der Waals surface area contributed by atoms with Crippen molar-refractivity contribution in [3.05, 3.63) is 42.5 Å². The minimum Gasteiger partial charge on any atom is -0.373 e. The minimum atomic E-state index is -0.0965. The van der Waals surface area contributed by atoms with Crippen LogP contribution in [0.3, 0.4) is 0 Å². The van der Waals surface area contributed by atoms with Crippen molar-refractivity contribution >= 4 is 22.4 Å². The zero-order valence-electron chi connectivity index (χ0n) is 9.44. The highest BCUT2D eigenvalue weighted by Crippen LogP contribution is 2.24. The van der Waals surface area contributed by atoms with Gasteiger partial charge in [-0.2, -0.15) is 0 Å². The van der Waals surface area contributed by atoms with E-state index in [2.05, 4.69) is 28.8 Å². The molecule has 0 radical (unpaired) electrons. The first-order valence-corrected chi connectivity index (χ1v) is 5.86. The van der Waals surface area contributed by atoms with E-state index in [1.54, 1.807) is 0 Å². The van der Waals surface area contributed by atoms with E-state index in [0.717, 1.165) is 24.0 Å². The molecule has 1 saturated heterocycles. The molecule has 3 nitrogen and oxygen atoms in total. The molecule has 1 unspecified atom stereocenters. The lowest BCUT2D eigenvalue weighted by Gasteiger charge is -2.13. The molecule has 1 aliphatic heterocycles. The summed E-state index contributed by atoms with van der Waals surface area (Å²) in [5.74, 6) is 0.0953. The van der Waals surface area contributed by atoms with Crippen LogP contribution in [0.5, 0.6) is 0 Å². The van der Waals surface area contributed by atoms with E-state index in [0.29, 0.717) is 0 Å². The van der Waals surface area contributed by atoms with Crippen LogP contribution in [-0.4, -0.2) is 18.5 Å². The molecule has 0 aromatic heterocycles. The van der Waals surface area contributed by atoms with Crippen molar-refractivity contribution in [3.8, 4) is 0 Å². The van der Waals surface area contributed by atoms with Crippen LogP contribution in [0, 0.1) is 0 Å². The number of amides is 1. The second-order valence-corrected chi connectivity index (χ2v) is 4.30. The largest absolute Gasteiger partial charge is 0.373 e. The molecule has 3 heteroatoms. The van der Waals surface area contributed by atoms with Gasteiger partial charge in [-0.05, 0) is 17.9 Å². The van der Waals surface area contributed by atoms with Crippen molar-refractivity contribution in [1.29, 1.82) is 0 Å². The molecule has 3 rings (SSSR count). The topological polar surface area (TPSA) is 41.1 Å². The van der Waals surface area contributed by atoms with E-state index >= 15 is 0 Å². The maximum atomic E-state index is 11.5. The van der Waals surface area contributed by atoms with Crippen LogP contribution in [0.2, 0.25) is 0 Å². The lowest BCUT2D eigenvalue weighted by molar-refractivity contribution is -0.119. The Morgan fingerprint density at radius 3 is 2.76 bits per heavy atom. The van der Waals surface area contributed by atoms with Gasteiger partial charge in [0.1, 0.15) is 6.04 Å². The molecule has 1 aliphatic rings. The quantitative estimate of drug-likeness (QED) is 0.823. The van der Waals surface area contributed by atoms with Gasteiger partial charge in [0.05, 0.1) is 0 Å². The van der Waals surface area contributed by atoms with Gasteiger partial charge in [-0.1, -0.05) is 36.4 Å². The van der Waals surface area contributed by atoms with Gasteiger partial charge in [-0.25, -0.2) is 0 Å². The standard InChI is InChI=1S/C14H14N2O/c17-14-13(8-9-15-14)16-12-7-3-5-10-4-1-2-6-11(10)12/h1-7,13,16H,8-9H2,(H,15,17). The molecular weight excluding hydrogens is 212 g/mol. The van der Waals surface area contributed by atoms with Crippen molar-refractivity contribution < 1.29 is 4.79 Å². The Hall–Kier alpha value is -2.03. The molecule has 1 atom stereocenters. The normalized spacial score (nSPS) is 19.3. The molecule has 2 aromatic rings. The summed E-state index contributed by atoms with van der Waals surface area (Å²) in [4.78, 5) is 11.5. The van der Waals surface area contributed by atoms with Gasteiger partial charge >= 0.3 is 0 Å². The van der Waals surface area contributed by atoms with E-state index in [1.165, 1.54) is 5.39 Å². The van der Waals surface area contributed by atoms with Gasteiger partial charge in [0.25, 0.3) is 0 Å². The van der Waals surface area contributed by atoms with Gasteiger partial charge in [0.2, 0.25) is 5.91 Å². The third-order valence-electron chi connectivity index (χ3n) is 3.17. The molecule has 2 aromatic carbocycles. The van der Waals surface area contributed by atoms with Crippen LogP contribution in [0.15, 0.2) is 42.5 Å². The van der Waals surface area contributed by atoms with E-state index in [4.69, 9.17) is 0 Å². The van der Waals surface area contributed by atoms with Gasteiger partial charge in [-0.15, -0.1) is 0 Å².